The number of aryl methyl sites for hydroxylation is 1. The fraction of sp³-hybridized carbons (Fsp3) is 0.600. The summed E-state index contributed by atoms with van der Waals surface area (Å²) in [5.74, 6) is 0. The predicted octanol–water partition coefficient (Wildman–Crippen LogP) is 3.36. The summed E-state index contributed by atoms with van der Waals surface area (Å²) < 4.78 is 11.5. The summed E-state index contributed by atoms with van der Waals surface area (Å²) in [4.78, 5) is 15.3. The normalized spacial score (nSPS) is 21.7. The fourth-order valence-electron chi connectivity index (χ4n) is 2.21. The van der Waals surface area contributed by atoms with Crippen molar-refractivity contribution in [3.8, 4) is 0 Å². The molecule has 1 aliphatic rings. The third-order valence-electron chi connectivity index (χ3n) is 3.28. The molecule has 1 fully saturated rings. The summed E-state index contributed by atoms with van der Waals surface area (Å²) in [5, 5.41) is 3.04. The second-order valence-electron chi connectivity index (χ2n) is 5.00. The maximum absolute atomic E-state index is 10.9. The first-order valence-corrected chi connectivity index (χ1v) is 7.88. The van der Waals surface area contributed by atoms with Crippen molar-refractivity contribution >= 4 is 23.7 Å². The molecular weight excluding hydrogens is 274 g/mol. The zero-order valence-electron chi connectivity index (χ0n) is 12.0. The Labute approximate surface area is 123 Å². The number of carbonyl (C=O) groups is 1. The van der Waals surface area contributed by atoms with E-state index >= 15 is 0 Å². The van der Waals surface area contributed by atoms with Gasteiger partial charge in [-0.3, -0.25) is 0 Å². The number of hydrogen-bond acceptors (Lipinski definition) is 5. The van der Waals surface area contributed by atoms with E-state index in [2.05, 4.69) is 4.98 Å². The average Bonchev–Trinajstić information content (AvgIpc) is 2.85. The molecule has 0 N–H and O–H groups in total. The Morgan fingerprint density at radius 2 is 2.50 bits per heavy atom. The highest BCUT2D eigenvalue weighted by Gasteiger charge is 2.20. The van der Waals surface area contributed by atoms with Gasteiger partial charge in [-0.25, -0.2) is 4.98 Å². The summed E-state index contributed by atoms with van der Waals surface area (Å²) >= 11 is 1.62. The highest BCUT2D eigenvalue weighted by atomic mass is 32.1. The monoisotopic (exact) mass is 295 g/mol. The van der Waals surface area contributed by atoms with Crippen LogP contribution in [0.15, 0.2) is 11.0 Å². The third-order valence-corrected chi connectivity index (χ3v) is 4.08. The van der Waals surface area contributed by atoms with E-state index in [-0.39, 0.29) is 12.4 Å². The molecular formula is C15H21NO3S. The minimum Gasteiger partial charge on any atom is -0.353 e. The van der Waals surface area contributed by atoms with E-state index in [1.807, 2.05) is 25.3 Å². The molecule has 4 nitrogen and oxygen atoms in total. The summed E-state index contributed by atoms with van der Waals surface area (Å²) in [6.07, 6.45) is 5.94. The van der Waals surface area contributed by atoms with E-state index in [4.69, 9.17) is 9.47 Å². The summed E-state index contributed by atoms with van der Waals surface area (Å²) in [7, 11) is 0. The molecule has 0 saturated carbocycles. The highest BCUT2D eigenvalue weighted by Crippen LogP contribution is 2.21. The van der Waals surface area contributed by atoms with Crippen LogP contribution >= 0.6 is 11.3 Å². The minimum atomic E-state index is -0.224. The topological polar surface area (TPSA) is 48.4 Å². The molecule has 0 spiro atoms. The number of thiazole rings is 1. The minimum absolute atomic E-state index is 0.186. The summed E-state index contributed by atoms with van der Waals surface area (Å²) in [6, 6.07) is 0. The Morgan fingerprint density at radius 1 is 1.65 bits per heavy atom. The van der Waals surface area contributed by atoms with Gasteiger partial charge in [0.25, 0.3) is 0 Å². The number of rotatable bonds is 6. The van der Waals surface area contributed by atoms with Gasteiger partial charge < -0.3 is 14.3 Å². The molecule has 0 radical (unpaired) electrons. The van der Waals surface area contributed by atoms with Crippen LogP contribution in [0.25, 0.3) is 6.08 Å². The van der Waals surface area contributed by atoms with Crippen LogP contribution in [-0.2, 0) is 14.3 Å². The van der Waals surface area contributed by atoms with Gasteiger partial charge in [0, 0.05) is 18.4 Å². The number of nitrogens with zero attached hydrogens (tertiary/aromatic N) is 1. The van der Waals surface area contributed by atoms with Crippen LogP contribution in [0.1, 0.15) is 43.3 Å². The van der Waals surface area contributed by atoms with Crippen molar-refractivity contribution in [2.24, 2.45) is 0 Å². The maximum Gasteiger partial charge on any atom is 0.158 e. The Hall–Kier alpha value is -1.04. The summed E-state index contributed by atoms with van der Waals surface area (Å²) in [5.41, 5.74) is 1.94. The molecule has 0 amide bonds. The van der Waals surface area contributed by atoms with Crippen molar-refractivity contribution in [1.82, 2.24) is 4.98 Å². The van der Waals surface area contributed by atoms with Crippen molar-refractivity contribution in [3.63, 3.8) is 0 Å². The third kappa shape index (κ3) is 4.51. The first-order chi connectivity index (χ1) is 9.69. The molecule has 0 aromatic carbocycles. The van der Waals surface area contributed by atoms with Gasteiger partial charge in [0.2, 0.25) is 0 Å². The molecule has 2 heterocycles. The number of carbonyl (C=O) groups excluding carboxylic acids is 1. The molecule has 1 aromatic heterocycles. The van der Waals surface area contributed by atoms with Gasteiger partial charge in [-0.1, -0.05) is 0 Å². The van der Waals surface area contributed by atoms with E-state index in [1.54, 1.807) is 11.3 Å². The van der Waals surface area contributed by atoms with Gasteiger partial charge >= 0.3 is 0 Å². The van der Waals surface area contributed by atoms with E-state index < -0.39 is 0 Å². The van der Waals surface area contributed by atoms with Crippen LogP contribution in [0, 0.1) is 6.92 Å². The maximum atomic E-state index is 10.9. The van der Waals surface area contributed by atoms with Crippen LogP contribution in [0.4, 0.5) is 0 Å². The Bertz CT molecular complexity index is 463. The zero-order chi connectivity index (χ0) is 14.4. The lowest BCUT2D eigenvalue weighted by Gasteiger charge is -2.27. The first-order valence-electron chi connectivity index (χ1n) is 7.00. The zero-order valence-corrected chi connectivity index (χ0v) is 12.8. The standard InChI is InChI=1S/C15H21NO3S/c1-11(9-13-10-20-12(2)16-13)14(6-7-17)19-15-5-3-4-8-18-15/h7,9-10,14-15H,3-6,8H2,1-2H3/b11-9+/t14-,15?/m0/s1. The lowest BCUT2D eigenvalue weighted by atomic mass is 10.1. The Morgan fingerprint density at radius 3 is 3.10 bits per heavy atom. The molecule has 0 aliphatic carbocycles. The van der Waals surface area contributed by atoms with Gasteiger partial charge in [0.05, 0.1) is 16.8 Å². The van der Waals surface area contributed by atoms with Gasteiger partial charge in [-0.2, -0.15) is 0 Å². The molecule has 1 unspecified atom stereocenters. The fourth-order valence-corrected chi connectivity index (χ4v) is 2.78. The lowest BCUT2D eigenvalue weighted by Crippen LogP contribution is -2.28. The number of aldehydes is 1. The van der Waals surface area contributed by atoms with Crippen molar-refractivity contribution in [1.29, 1.82) is 0 Å². The van der Waals surface area contributed by atoms with Crippen LogP contribution in [0.2, 0.25) is 0 Å². The molecule has 110 valence electrons. The second kappa shape index (κ2) is 7.67. The van der Waals surface area contributed by atoms with Gasteiger partial charge in [-0.05, 0) is 44.8 Å². The van der Waals surface area contributed by atoms with E-state index in [0.717, 1.165) is 48.4 Å². The van der Waals surface area contributed by atoms with E-state index in [0.29, 0.717) is 6.42 Å². The van der Waals surface area contributed by atoms with Crippen LogP contribution in [0.3, 0.4) is 0 Å². The predicted molar refractivity (Wildman–Crippen MR) is 79.6 cm³/mol. The number of hydrogen-bond donors (Lipinski definition) is 0. The van der Waals surface area contributed by atoms with Crippen molar-refractivity contribution in [2.45, 2.75) is 51.9 Å². The van der Waals surface area contributed by atoms with E-state index in [9.17, 15) is 4.79 Å². The highest BCUT2D eigenvalue weighted by molar-refractivity contribution is 7.09. The SMILES string of the molecule is C/C(=C\c1csc(C)n1)[C@H](CC=O)OC1CCCCO1. The van der Waals surface area contributed by atoms with Crippen molar-refractivity contribution < 1.29 is 14.3 Å². The van der Waals surface area contributed by atoms with Crippen LogP contribution in [-0.4, -0.2) is 30.3 Å². The smallest absolute Gasteiger partial charge is 0.158 e. The van der Waals surface area contributed by atoms with Crippen molar-refractivity contribution in [3.05, 3.63) is 21.7 Å². The molecule has 2 rings (SSSR count). The van der Waals surface area contributed by atoms with Crippen molar-refractivity contribution in [2.75, 3.05) is 6.61 Å². The molecule has 1 aliphatic heterocycles. The van der Waals surface area contributed by atoms with Crippen LogP contribution < -0.4 is 0 Å². The van der Waals surface area contributed by atoms with E-state index in [1.165, 1.54) is 0 Å². The largest absolute Gasteiger partial charge is 0.353 e. The molecule has 0 bridgehead atoms. The number of ether oxygens (including phenoxy) is 2. The van der Waals surface area contributed by atoms with Crippen LogP contribution in [0.5, 0.6) is 0 Å². The lowest BCUT2D eigenvalue weighted by molar-refractivity contribution is -0.180. The Balaban J connectivity index is 2.02. The molecule has 5 heteroatoms. The molecule has 1 saturated heterocycles. The number of aromatic nitrogens is 1. The molecule has 2 atom stereocenters. The Kier molecular flexibility index (Phi) is 5.88. The summed E-state index contributed by atoms with van der Waals surface area (Å²) in [6.45, 7) is 4.70. The van der Waals surface area contributed by atoms with Gasteiger partial charge in [0.1, 0.15) is 6.29 Å². The first kappa shape index (κ1) is 15.4. The van der Waals surface area contributed by atoms with Gasteiger partial charge in [0.15, 0.2) is 6.29 Å². The quantitative estimate of drug-likeness (QED) is 0.755. The van der Waals surface area contributed by atoms with Gasteiger partial charge in [-0.15, -0.1) is 11.3 Å². The molecule has 20 heavy (non-hydrogen) atoms. The average molecular weight is 295 g/mol. The second-order valence-corrected chi connectivity index (χ2v) is 6.07. The molecule has 1 aromatic rings.